The molecular formula is C12H19N3O3. The number of aliphatic hydroxyl groups excluding tert-OH is 2. The van der Waals surface area contributed by atoms with E-state index in [0.717, 1.165) is 5.69 Å². The minimum atomic E-state index is -0.229. The summed E-state index contributed by atoms with van der Waals surface area (Å²) in [5.41, 5.74) is 1.09. The molecule has 3 N–H and O–H groups in total. The minimum absolute atomic E-state index is 0.0151. The number of amides is 1. The lowest BCUT2D eigenvalue weighted by atomic mass is 10.2. The molecular weight excluding hydrogens is 234 g/mol. The first kappa shape index (κ1) is 14.4. The van der Waals surface area contributed by atoms with Crippen LogP contribution in [0.25, 0.3) is 0 Å². The zero-order chi connectivity index (χ0) is 13.4. The molecule has 0 saturated heterocycles. The van der Waals surface area contributed by atoms with Gasteiger partial charge in [-0.1, -0.05) is 0 Å². The highest BCUT2D eigenvalue weighted by Gasteiger charge is 2.10. The molecule has 1 aromatic rings. The summed E-state index contributed by atoms with van der Waals surface area (Å²) in [5.74, 6) is -0.229. The summed E-state index contributed by atoms with van der Waals surface area (Å²) >= 11 is 0. The van der Waals surface area contributed by atoms with E-state index in [4.69, 9.17) is 10.2 Å². The molecule has 0 aromatic carbocycles. The van der Waals surface area contributed by atoms with E-state index in [0.29, 0.717) is 25.3 Å². The Balaban J connectivity index is 2.87. The van der Waals surface area contributed by atoms with E-state index in [1.807, 2.05) is 6.92 Å². The molecule has 0 aliphatic heterocycles. The number of nitrogens with one attached hydrogen (secondary N) is 1. The third kappa shape index (κ3) is 3.97. The van der Waals surface area contributed by atoms with Gasteiger partial charge >= 0.3 is 0 Å². The quantitative estimate of drug-likeness (QED) is 0.617. The molecule has 0 spiro atoms. The van der Waals surface area contributed by atoms with E-state index in [1.54, 1.807) is 23.2 Å². The van der Waals surface area contributed by atoms with Gasteiger partial charge in [-0.2, -0.15) is 0 Å². The SMILES string of the molecule is CCNC(=O)c1cc(N(CCO)CCO)ccn1. The Morgan fingerprint density at radius 1 is 1.39 bits per heavy atom. The Hall–Kier alpha value is -1.66. The van der Waals surface area contributed by atoms with Gasteiger partial charge < -0.3 is 20.4 Å². The highest BCUT2D eigenvalue weighted by atomic mass is 16.3. The maximum absolute atomic E-state index is 11.6. The van der Waals surface area contributed by atoms with Crippen molar-refractivity contribution in [2.24, 2.45) is 0 Å². The van der Waals surface area contributed by atoms with Crippen LogP contribution in [0.2, 0.25) is 0 Å². The van der Waals surface area contributed by atoms with Gasteiger partial charge in [0.05, 0.1) is 13.2 Å². The summed E-state index contributed by atoms with van der Waals surface area (Å²) in [6.07, 6.45) is 1.54. The summed E-state index contributed by atoms with van der Waals surface area (Å²) in [6.45, 7) is 3.16. The first-order valence-electron chi connectivity index (χ1n) is 5.93. The van der Waals surface area contributed by atoms with Gasteiger partial charge in [0.15, 0.2) is 0 Å². The standard InChI is InChI=1S/C12H19N3O3/c1-2-13-12(18)11-9-10(3-4-14-11)15(5-7-16)6-8-17/h3-4,9,16-17H,2,5-8H2,1H3,(H,13,18). The van der Waals surface area contributed by atoms with Crippen molar-refractivity contribution in [3.8, 4) is 0 Å². The molecule has 0 unspecified atom stereocenters. The van der Waals surface area contributed by atoms with Crippen LogP contribution in [0.1, 0.15) is 17.4 Å². The molecule has 18 heavy (non-hydrogen) atoms. The third-order valence-corrected chi connectivity index (χ3v) is 2.42. The predicted molar refractivity (Wildman–Crippen MR) is 68.6 cm³/mol. The summed E-state index contributed by atoms with van der Waals surface area (Å²) in [7, 11) is 0. The van der Waals surface area contributed by atoms with Crippen LogP contribution in [0.4, 0.5) is 5.69 Å². The first-order chi connectivity index (χ1) is 8.72. The second kappa shape index (κ2) is 7.62. The van der Waals surface area contributed by atoms with Crippen molar-refractivity contribution in [1.82, 2.24) is 10.3 Å². The van der Waals surface area contributed by atoms with E-state index in [1.165, 1.54) is 0 Å². The van der Waals surface area contributed by atoms with Gasteiger partial charge in [-0.3, -0.25) is 9.78 Å². The van der Waals surface area contributed by atoms with Gasteiger partial charge in [0.25, 0.3) is 5.91 Å². The van der Waals surface area contributed by atoms with E-state index in [2.05, 4.69) is 10.3 Å². The van der Waals surface area contributed by atoms with Crippen molar-refractivity contribution in [3.05, 3.63) is 24.0 Å². The molecule has 0 radical (unpaired) electrons. The van der Waals surface area contributed by atoms with Crippen molar-refractivity contribution < 1.29 is 15.0 Å². The molecule has 0 saturated carbocycles. The number of nitrogens with zero attached hydrogens (tertiary/aromatic N) is 2. The molecule has 0 aliphatic rings. The number of anilines is 1. The molecule has 1 aromatic heterocycles. The molecule has 0 bridgehead atoms. The van der Waals surface area contributed by atoms with E-state index < -0.39 is 0 Å². The van der Waals surface area contributed by atoms with Crippen LogP contribution in [-0.2, 0) is 0 Å². The minimum Gasteiger partial charge on any atom is -0.395 e. The van der Waals surface area contributed by atoms with Gasteiger partial charge in [-0.15, -0.1) is 0 Å². The predicted octanol–water partition coefficient (Wildman–Crippen LogP) is -0.378. The van der Waals surface area contributed by atoms with Gasteiger partial charge in [-0.05, 0) is 19.1 Å². The Morgan fingerprint density at radius 2 is 2.06 bits per heavy atom. The zero-order valence-electron chi connectivity index (χ0n) is 10.5. The second-order valence-corrected chi connectivity index (χ2v) is 3.69. The fourth-order valence-electron chi connectivity index (χ4n) is 1.60. The van der Waals surface area contributed by atoms with Gasteiger partial charge in [-0.25, -0.2) is 0 Å². The summed E-state index contributed by atoms with van der Waals surface area (Å²) in [6, 6.07) is 3.39. The molecule has 1 amide bonds. The van der Waals surface area contributed by atoms with Crippen LogP contribution < -0.4 is 10.2 Å². The highest BCUT2D eigenvalue weighted by Crippen LogP contribution is 2.14. The second-order valence-electron chi connectivity index (χ2n) is 3.69. The molecule has 1 heterocycles. The molecule has 0 fully saturated rings. The van der Waals surface area contributed by atoms with Gasteiger partial charge in [0, 0.05) is 31.5 Å². The van der Waals surface area contributed by atoms with Crippen molar-refractivity contribution in [3.63, 3.8) is 0 Å². The molecule has 6 nitrogen and oxygen atoms in total. The number of aliphatic hydroxyl groups is 2. The summed E-state index contributed by atoms with van der Waals surface area (Å²) in [5, 5.41) is 20.6. The largest absolute Gasteiger partial charge is 0.395 e. The molecule has 6 heteroatoms. The number of pyridine rings is 1. The van der Waals surface area contributed by atoms with Crippen LogP contribution in [0.3, 0.4) is 0 Å². The van der Waals surface area contributed by atoms with Crippen molar-refractivity contribution in [2.45, 2.75) is 6.92 Å². The van der Waals surface area contributed by atoms with Crippen LogP contribution in [-0.4, -0.2) is 54.0 Å². The van der Waals surface area contributed by atoms with E-state index in [9.17, 15) is 4.79 Å². The normalized spacial score (nSPS) is 10.2. The third-order valence-electron chi connectivity index (χ3n) is 2.42. The lowest BCUT2D eigenvalue weighted by Gasteiger charge is -2.23. The Labute approximate surface area is 106 Å². The smallest absolute Gasteiger partial charge is 0.269 e. The van der Waals surface area contributed by atoms with Gasteiger partial charge in [0.1, 0.15) is 5.69 Å². The molecule has 1 rings (SSSR count). The van der Waals surface area contributed by atoms with Crippen molar-refractivity contribution >= 4 is 11.6 Å². The summed E-state index contributed by atoms with van der Waals surface area (Å²) in [4.78, 5) is 17.4. The highest BCUT2D eigenvalue weighted by molar-refractivity contribution is 5.93. The van der Waals surface area contributed by atoms with E-state index in [-0.39, 0.29) is 19.1 Å². The zero-order valence-corrected chi connectivity index (χ0v) is 10.5. The molecule has 0 atom stereocenters. The number of hydrogen-bond donors (Lipinski definition) is 3. The van der Waals surface area contributed by atoms with Crippen LogP contribution in [0.15, 0.2) is 18.3 Å². The molecule has 100 valence electrons. The molecule has 0 aliphatic carbocycles. The van der Waals surface area contributed by atoms with Crippen LogP contribution in [0, 0.1) is 0 Å². The Kier molecular flexibility index (Phi) is 6.10. The number of carbonyl (C=O) groups excluding carboxylic acids is 1. The van der Waals surface area contributed by atoms with Crippen molar-refractivity contribution in [1.29, 1.82) is 0 Å². The topological polar surface area (TPSA) is 85.7 Å². The monoisotopic (exact) mass is 253 g/mol. The number of rotatable bonds is 7. The lowest BCUT2D eigenvalue weighted by molar-refractivity contribution is 0.0951. The summed E-state index contributed by atoms with van der Waals surface area (Å²) < 4.78 is 0. The maximum Gasteiger partial charge on any atom is 0.269 e. The number of carbonyl (C=O) groups is 1. The lowest BCUT2D eigenvalue weighted by Crippen LogP contribution is -2.30. The van der Waals surface area contributed by atoms with Crippen LogP contribution in [0.5, 0.6) is 0 Å². The number of hydrogen-bond acceptors (Lipinski definition) is 5. The number of aromatic nitrogens is 1. The fourth-order valence-corrected chi connectivity index (χ4v) is 1.60. The Morgan fingerprint density at radius 3 is 2.61 bits per heavy atom. The average Bonchev–Trinajstić information content (AvgIpc) is 2.39. The van der Waals surface area contributed by atoms with Crippen LogP contribution >= 0.6 is 0 Å². The van der Waals surface area contributed by atoms with E-state index >= 15 is 0 Å². The fraction of sp³-hybridized carbons (Fsp3) is 0.500. The van der Waals surface area contributed by atoms with Gasteiger partial charge in [0.2, 0.25) is 0 Å². The maximum atomic E-state index is 11.6. The Bertz CT molecular complexity index is 379. The van der Waals surface area contributed by atoms with Crippen molar-refractivity contribution in [2.75, 3.05) is 37.7 Å². The average molecular weight is 253 g/mol. The first-order valence-corrected chi connectivity index (χ1v) is 5.93.